The second kappa shape index (κ2) is 5.43. The zero-order valence-electron chi connectivity index (χ0n) is 11.7. The molecule has 19 heavy (non-hydrogen) atoms. The first kappa shape index (κ1) is 13.4. The van der Waals surface area contributed by atoms with Gasteiger partial charge in [0.2, 0.25) is 0 Å². The van der Waals surface area contributed by atoms with Crippen LogP contribution in [0.5, 0.6) is 0 Å². The first-order valence-corrected chi connectivity index (χ1v) is 7.55. The predicted octanol–water partition coefficient (Wildman–Crippen LogP) is 3.55. The predicted molar refractivity (Wildman–Crippen MR) is 78.7 cm³/mol. The first-order chi connectivity index (χ1) is 9.20. The molecule has 4 atom stereocenters. The number of nitrogens with zero attached hydrogens (tertiary/aromatic N) is 1. The van der Waals surface area contributed by atoms with Gasteiger partial charge in [0.25, 0.3) is 0 Å². The Kier molecular flexibility index (Phi) is 3.84. The second-order valence-electron chi connectivity index (χ2n) is 5.98. The van der Waals surface area contributed by atoms with E-state index in [9.17, 15) is 0 Å². The van der Waals surface area contributed by atoms with Gasteiger partial charge in [0.05, 0.1) is 6.61 Å². The molecule has 2 heterocycles. The summed E-state index contributed by atoms with van der Waals surface area (Å²) in [5.41, 5.74) is 1.43. The molecule has 104 valence electrons. The summed E-state index contributed by atoms with van der Waals surface area (Å²) in [5.74, 6) is 1.22. The molecule has 2 bridgehead atoms. The van der Waals surface area contributed by atoms with Crippen molar-refractivity contribution < 1.29 is 4.74 Å². The van der Waals surface area contributed by atoms with E-state index in [2.05, 4.69) is 24.1 Å². The molecule has 0 N–H and O–H groups in total. The Morgan fingerprint density at radius 2 is 2.00 bits per heavy atom. The number of hydrogen-bond acceptors (Lipinski definition) is 2. The number of benzene rings is 1. The van der Waals surface area contributed by atoms with E-state index >= 15 is 0 Å². The van der Waals surface area contributed by atoms with Gasteiger partial charge in [-0.3, -0.25) is 0 Å². The standard InChI is InChI=1S/C16H22ClNO/c1-18-13-7-8-16(18)15(10-19-2)14(9-13)11-3-5-12(17)6-4-11/h3-6,13-16H,7-10H2,1-2H3. The number of halogens is 1. The van der Waals surface area contributed by atoms with E-state index in [0.29, 0.717) is 17.9 Å². The molecule has 2 fully saturated rings. The monoisotopic (exact) mass is 279 g/mol. The lowest BCUT2D eigenvalue weighted by Crippen LogP contribution is -2.47. The number of methoxy groups -OCH3 is 1. The molecule has 3 rings (SSSR count). The van der Waals surface area contributed by atoms with Crippen LogP contribution in [0.15, 0.2) is 24.3 Å². The zero-order chi connectivity index (χ0) is 13.4. The van der Waals surface area contributed by atoms with Gasteiger partial charge in [-0.25, -0.2) is 0 Å². The maximum atomic E-state index is 6.01. The summed E-state index contributed by atoms with van der Waals surface area (Å²) < 4.78 is 5.50. The molecule has 0 radical (unpaired) electrons. The summed E-state index contributed by atoms with van der Waals surface area (Å²) >= 11 is 6.01. The molecule has 2 aliphatic rings. The van der Waals surface area contributed by atoms with E-state index in [1.165, 1.54) is 24.8 Å². The largest absolute Gasteiger partial charge is 0.384 e. The van der Waals surface area contributed by atoms with Crippen molar-refractivity contribution in [1.82, 2.24) is 4.90 Å². The average Bonchev–Trinajstić information content (AvgIpc) is 2.65. The third-order valence-electron chi connectivity index (χ3n) is 5.09. The van der Waals surface area contributed by atoms with Crippen LogP contribution in [-0.4, -0.2) is 37.7 Å². The van der Waals surface area contributed by atoms with Crippen LogP contribution in [0.25, 0.3) is 0 Å². The van der Waals surface area contributed by atoms with Gasteiger partial charge in [-0.1, -0.05) is 23.7 Å². The van der Waals surface area contributed by atoms with Crippen LogP contribution < -0.4 is 0 Å². The van der Waals surface area contributed by atoms with Crippen LogP contribution in [0.1, 0.15) is 30.7 Å². The Balaban J connectivity index is 1.88. The lowest BCUT2D eigenvalue weighted by Gasteiger charge is -2.43. The number of ether oxygens (including phenoxy) is 1. The molecule has 1 aromatic carbocycles. The summed E-state index contributed by atoms with van der Waals surface area (Å²) in [4.78, 5) is 2.58. The van der Waals surface area contributed by atoms with Gasteiger partial charge in [0.15, 0.2) is 0 Å². The molecular weight excluding hydrogens is 258 g/mol. The van der Waals surface area contributed by atoms with Gasteiger partial charge in [-0.05, 0) is 49.9 Å². The third kappa shape index (κ3) is 2.42. The van der Waals surface area contributed by atoms with Crippen LogP contribution in [0, 0.1) is 5.92 Å². The van der Waals surface area contributed by atoms with Gasteiger partial charge in [0, 0.05) is 30.1 Å². The molecule has 2 saturated heterocycles. The van der Waals surface area contributed by atoms with E-state index in [-0.39, 0.29) is 0 Å². The molecule has 1 aromatic rings. The minimum atomic E-state index is 0.606. The van der Waals surface area contributed by atoms with Crippen molar-refractivity contribution in [3.05, 3.63) is 34.9 Å². The van der Waals surface area contributed by atoms with Gasteiger partial charge >= 0.3 is 0 Å². The molecule has 0 aromatic heterocycles. The second-order valence-corrected chi connectivity index (χ2v) is 6.41. The highest BCUT2D eigenvalue weighted by Crippen LogP contribution is 2.46. The van der Waals surface area contributed by atoms with E-state index < -0.39 is 0 Å². The molecular formula is C16H22ClNO. The fraction of sp³-hybridized carbons (Fsp3) is 0.625. The Morgan fingerprint density at radius 3 is 2.68 bits per heavy atom. The highest BCUT2D eigenvalue weighted by Gasteiger charge is 2.45. The molecule has 2 nitrogen and oxygen atoms in total. The van der Waals surface area contributed by atoms with Crippen LogP contribution in [0.3, 0.4) is 0 Å². The molecule has 4 unspecified atom stereocenters. The Morgan fingerprint density at radius 1 is 1.26 bits per heavy atom. The number of fused-ring (bicyclic) bond motifs is 2. The van der Waals surface area contributed by atoms with Crippen molar-refractivity contribution in [2.24, 2.45) is 5.92 Å². The first-order valence-electron chi connectivity index (χ1n) is 7.17. The van der Waals surface area contributed by atoms with Crippen molar-refractivity contribution in [2.75, 3.05) is 20.8 Å². The van der Waals surface area contributed by atoms with E-state index in [1.807, 2.05) is 19.2 Å². The molecule has 0 aliphatic carbocycles. The van der Waals surface area contributed by atoms with Crippen LogP contribution >= 0.6 is 11.6 Å². The summed E-state index contributed by atoms with van der Waals surface area (Å²) in [6, 6.07) is 9.85. The summed E-state index contributed by atoms with van der Waals surface area (Å²) in [5, 5.41) is 0.822. The maximum absolute atomic E-state index is 6.01. The van der Waals surface area contributed by atoms with Crippen LogP contribution in [0.2, 0.25) is 5.02 Å². The number of piperidine rings is 1. The maximum Gasteiger partial charge on any atom is 0.0511 e. The smallest absolute Gasteiger partial charge is 0.0511 e. The van der Waals surface area contributed by atoms with Crippen molar-refractivity contribution in [3.8, 4) is 0 Å². The summed E-state index contributed by atoms with van der Waals surface area (Å²) in [7, 11) is 4.10. The number of rotatable bonds is 3. The Labute approximate surface area is 120 Å². The number of hydrogen-bond donors (Lipinski definition) is 0. The average molecular weight is 280 g/mol. The van der Waals surface area contributed by atoms with Gasteiger partial charge in [0.1, 0.15) is 0 Å². The molecule has 2 aliphatic heterocycles. The minimum Gasteiger partial charge on any atom is -0.384 e. The quantitative estimate of drug-likeness (QED) is 0.839. The van der Waals surface area contributed by atoms with E-state index in [1.54, 1.807) is 0 Å². The Bertz CT molecular complexity index is 433. The topological polar surface area (TPSA) is 12.5 Å². The molecule has 0 saturated carbocycles. The highest BCUT2D eigenvalue weighted by atomic mass is 35.5. The summed E-state index contributed by atoms with van der Waals surface area (Å²) in [6.45, 7) is 0.856. The van der Waals surface area contributed by atoms with Crippen LogP contribution in [0.4, 0.5) is 0 Å². The van der Waals surface area contributed by atoms with Gasteiger partial charge in [-0.2, -0.15) is 0 Å². The van der Waals surface area contributed by atoms with Gasteiger partial charge < -0.3 is 9.64 Å². The van der Waals surface area contributed by atoms with E-state index in [4.69, 9.17) is 16.3 Å². The fourth-order valence-corrected chi connectivity index (χ4v) is 4.22. The van der Waals surface area contributed by atoms with Crippen LogP contribution in [-0.2, 0) is 4.74 Å². The lowest BCUT2D eigenvalue weighted by atomic mass is 9.76. The zero-order valence-corrected chi connectivity index (χ0v) is 12.4. The molecule has 0 spiro atoms. The third-order valence-corrected chi connectivity index (χ3v) is 5.34. The lowest BCUT2D eigenvalue weighted by molar-refractivity contribution is 0.0405. The normalized spacial score (nSPS) is 34.7. The SMILES string of the molecule is COCC1C(c2ccc(Cl)cc2)CC2CCC1N2C. The van der Waals surface area contributed by atoms with Gasteiger partial charge in [-0.15, -0.1) is 0 Å². The van der Waals surface area contributed by atoms with Crippen molar-refractivity contribution in [2.45, 2.75) is 37.3 Å². The van der Waals surface area contributed by atoms with Crippen molar-refractivity contribution in [3.63, 3.8) is 0 Å². The molecule has 0 amide bonds. The fourth-order valence-electron chi connectivity index (χ4n) is 4.09. The van der Waals surface area contributed by atoms with Crippen molar-refractivity contribution >= 4 is 11.6 Å². The van der Waals surface area contributed by atoms with Crippen molar-refractivity contribution in [1.29, 1.82) is 0 Å². The minimum absolute atomic E-state index is 0.606. The summed E-state index contributed by atoms with van der Waals surface area (Å²) in [6.07, 6.45) is 3.91. The Hall–Kier alpha value is -0.570. The molecule has 3 heteroatoms. The van der Waals surface area contributed by atoms with E-state index in [0.717, 1.165) is 17.7 Å². The highest BCUT2D eigenvalue weighted by molar-refractivity contribution is 6.30.